The first kappa shape index (κ1) is 13.8. The second-order valence-corrected chi connectivity index (χ2v) is 3.66. The van der Waals surface area contributed by atoms with Crippen LogP contribution in [0.25, 0.3) is 0 Å². The van der Waals surface area contributed by atoms with Gasteiger partial charge in [-0.2, -0.15) is 0 Å². The van der Waals surface area contributed by atoms with Gasteiger partial charge in [-0.1, -0.05) is 6.07 Å². The average Bonchev–Trinajstić information content (AvgIpc) is 2.36. The molecular weight excluding hydrogens is 222 g/mol. The molecule has 0 radical (unpaired) electrons. The van der Waals surface area contributed by atoms with Crippen LogP contribution in [0.15, 0.2) is 18.2 Å². The summed E-state index contributed by atoms with van der Waals surface area (Å²) in [7, 11) is 3.43. The van der Waals surface area contributed by atoms with Gasteiger partial charge in [-0.15, -0.1) is 0 Å². The van der Waals surface area contributed by atoms with Gasteiger partial charge >= 0.3 is 0 Å². The molecule has 96 valence electrons. The van der Waals surface area contributed by atoms with Crippen molar-refractivity contribution in [1.82, 2.24) is 5.32 Å². The fourth-order valence-corrected chi connectivity index (χ4v) is 1.38. The molecule has 1 aromatic carbocycles. The van der Waals surface area contributed by atoms with E-state index in [0.29, 0.717) is 11.5 Å². The first-order chi connectivity index (χ1) is 8.21. The van der Waals surface area contributed by atoms with Crippen LogP contribution in [0.3, 0.4) is 0 Å². The van der Waals surface area contributed by atoms with Gasteiger partial charge in [0, 0.05) is 6.54 Å². The Morgan fingerprint density at radius 1 is 1.35 bits per heavy atom. The molecule has 1 rings (SSSR count). The van der Waals surface area contributed by atoms with Crippen LogP contribution in [0, 0.1) is 0 Å². The highest BCUT2D eigenvalue weighted by atomic mass is 16.5. The molecule has 1 unspecified atom stereocenters. The lowest BCUT2D eigenvalue weighted by Crippen LogP contribution is -2.21. The first-order valence-corrected chi connectivity index (χ1v) is 5.44. The molecule has 0 aromatic heterocycles. The Labute approximate surface area is 101 Å². The van der Waals surface area contributed by atoms with Gasteiger partial charge in [0.05, 0.1) is 13.7 Å². The van der Waals surface area contributed by atoms with Gasteiger partial charge in [-0.25, -0.2) is 0 Å². The zero-order chi connectivity index (χ0) is 12.7. The molecule has 0 spiro atoms. The number of hydrogen-bond donors (Lipinski definition) is 3. The van der Waals surface area contributed by atoms with Crippen LogP contribution in [-0.4, -0.2) is 43.7 Å². The van der Waals surface area contributed by atoms with Crippen molar-refractivity contribution in [3.63, 3.8) is 0 Å². The summed E-state index contributed by atoms with van der Waals surface area (Å²) in [6.45, 7) is 0.467. The lowest BCUT2D eigenvalue weighted by molar-refractivity contribution is 0.0527. The van der Waals surface area contributed by atoms with Gasteiger partial charge in [0.1, 0.15) is 12.7 Å². The smallest absolute Gasteiger partial charge is 0.161 e. The molecule has 5 nitrogen and oxygen atoms in total. The predicted octanol–water partition coefficient (Wildman–Crippen LogP) is 0.147. The summed E-state index contributed by atoms with van der Waals surface area (Å²) >= 11 is 0. The van der Waals surface area contributed by atoms with Crippen LogP contribution >= 0.6 is 0 Å². The fraction of sp³-hybridized carbons (Fsp3) is 0.500. The van der Waals surface area contributed by atoms with Crippen LogP contribution in [0.1, 0.15) is 5.56 Å². The summed E-state index contributed by atoms with van der Waals surface area (Å²) in [5, 5.41) is 20.9. The largest absolute Gasteiger partial charge is 0.493 e. The molecule has 0 aliphatic heterocycles. The minimum absolute atomic E-state index is 0.0399. The number of nitrogens with one attached hydrogen (secondary N) is 1. The van der Waals surface area contributed by atoms with Crippen molar-refractivity contribution in [3.05, 3.63) is 23.8 Å². The number of aliphatic hydroxyl groups excluding tert-OH is 2. The molecule has 0 amide bonds. The zero-order valence-electron chi connectivity index (χ0n) is 10.1. The number of rotatable bonds is 7. The van der Waals surface area contributed by atoms with E-state index >= 15 is 0 Å². The Hall–Kier alpha value is -1.30. The summed E-state index contributed by atoms with van der Waals surface area (Å²) in [6.07, 6.45) is -0.878. The van der Waals surface area contributed by atoms with E-state index in [0.717, 1.165) is 12.1 Å². The number of aliphatic hydroxyl groups is 2. The normalized spacial score (nSPS) is 12.2. The Balaban J connectivity index is 2.71. The molecule has 1 aromatic rings. The summed E-state index contributed by atoms with van der Waals surface area (Å²) < 4.78 is 10.6. The van der Waals surface area contributed by atoms with Crippen molar-refractivity contribution in [2.45, 2.75) is 12.6 Å². The summed E-state index contributed by atoms with van der Waals surface area (Å²) in [5.74, 6) is 1.17. The van der Waals surface area contributed by atoms with Gasteiger partial charge in [-0.3, -0.25) is 0 Å². The van der Waals surface area contributed by atoms with E-state index in [9.17, 15) is 5.11 Å². The Kier molecular flexibility index (Phi) is 5.76. The molecule has 0 aliphatic carbocycles. The van der Waals surface area contributed by atoms with Crippen molar-refractivity contribution in [3.8, 4) is 11.5 Å². The van der Waals surface area contributed by atoms with Gasteiger partial charge < -0.3 is 25.0 Å². The van der Waals surface area contributed by atoms with Crippen LogP contribution in [0.2, 0.25) is 0 Å². The highest BCUT2D eigenvalue weighted by molar-refractivity contribution is 5.42. The minimum Gasteiger partial charge on any atom is -0.493 e. The third-order valence-corrected chi connectivity index (χ3v) is 2.25. The summed E-state index contributed by atoms with van der Waals surface area (Å²) in [4.78, 5) is 0. The van der Waals surface area contributed by atoms with Crippen molar-refractivity contribution in [1.29, 1.82) is 0 Å². The van der Waals surface area contributed by atoms with E-state index in [1.807, 2.05) is 19.2 Å². The summed E-state index contributed by atoms with van der Waals surface area (Å²) in [5.41, 5.74) is 1.08. The van der Waals surface area contributed by atoms with E-state index in [1.165, 1.54) is 0 Å². The number of methoxy groups -OCH3 is 1. The van der Waals surface area contributed by atoms with E-state index in [-0.39, 0.29) is 13.2 Å². The van der Waals surface area contributed by atoms with Crippen LogP contribution in [0.4, 0.5) is 0 Å². The van der Waals surface area contributed by atoms with Gasteiger partial charge in [0.15, 0.2) is 11.5 Å². The standard InChI is InChI=1S/C12H19NO4/c1-13-6-9-3-4-11(12(5-9)16-2)17-8-10(15)7-14/h3-5,10,13-15H,6-8H2,1-2H3. The van der Waals surface area contributed by atoms with E-state index in [1.54, 1.807) is 13.2 Å². The van der Waals surface area contributed by atoms with E-state index < -0.39 is 6.10 Å². The molecule has 5 heteroatoms. The molecule has 0 bridgehead atoms. The first-order valence-electron chi connectivity index (χ1n) is 5.44. The molecule has 3 N–H and O–H groups in total. The molecule has 0 saturated carbocycles. The maximum absolute atomic E-state index is 9.20. The number of benzene rings is 1. The Morgan fingerprint density at radius 3 is 2.71 bits per heavy atom. The highest BCUT2D eigenvalue weighted by Gasteiger charge is 2.08. The lowest BCUT2D eigenvalue weighted by Gasteiger charge is -2.14. The van der Waals surface area contributed by atoms with Crippen LogP contribution in [-0.2, 0) is 6.54 Å². The molecule has 0 saturated heterocycles. The third kappa shape index (κ3) is 4.22. The minimum atomic E-state index is -0.878. The molecule has 0 heterocycles. The van der Waals surface area contributed by atoms with Gasteiger partial charge in [0.25, 0.3) is 0 Å². The summed E-state index contributed by atoms with van der Waals surface area (Å²) in [6, 6.07) is 5.58. The Morgan fingerprint density at radius 2 is 2.12 bits per heavy atom. The SMILES string of the molecule is CNCc1ccc(OCC(O)CO)c(OC)c1. The number of hydrogen-bond acceptors (Lipinski definition) is 5. The molecule has 17 heavy (non-hydrogen) atoms. The quantitative estimate of drug-likeness (QED) is 0.633. The second-order valence-electron chi connectivity index (χ2n) is 3.66. The lowest BCUT2D eigenvalue weighted by atomic mass is 10.2. The van der Waals surface area contributed by atoms with Crippen molar-refractivity contribution >= 4 is 0 Å². The highest BCUT2D eigenvalue weighted by Crippen LogP contribution is 2.28. The molecular formula is C12H19NO4. The van der Waals surface area contributed by atoms with Crippen LogP contribution < -0.4 is 14.8 Å². The monoisotopic (exact) mass is 241 g/mol. The predicted molar refractivity (Wildman–Crippen MR) is 64.3 cm³/mol. The van der Waals surface area contributed by atoms with Crippen molar-refractivity contribution in [2.75, 3.05) is 27.4 Å². The topological polar surface area (TPSA) is 71.0 Å². The van der Waals surface area contributed by atoms with Crippen molar-refractivity contribution < 1.29 is 19.7 Å². The molecule has 0 aliphatic rings. The molecule has 0 fully saturated rings. The molecule has 1 atom stereocenters. The van der Waals surface area contributed by atoms with E-state index in [4.69, 9.17) is 14.6 Å². The average molecular weight is 241 g/mol. The van der Waals surface area contributed by atoms with Gasteiger partial charge in [0.2, 0.25) is 0 Å². The Bertz CT molecular complexity index is 343. The maximum Gasteiger partial charge on any atom is 0.161 e. The van der Waals surface area contributed by atoms with Crippen molar-refractivity contribution in [2.24, 2.45) is 0 Å². The second kappa shape index (κ2) is 7.11. The zero-order valence-corrected chi connectivity index (χ0v) is 10.1. The fourth-order valence-electron chi connectivity index (χ4n) is 1.38. The third-order valence-electron chi connectivity index (χ3n) is 2.25. The van der Waals surface area contributed by atoms with Crippen LogP contribution in [0.5, 0.6) is 11.5 Å². The number of ether oxygens (including phenoxy) is 2. The maximum atomic E-state index is 9.20. The van der Waals surface area contributed by atoms with E-state index in [2.05, 4.69) is 5.32 Å². The van der Waals surface area contributed by atoms with Gasteiger partial charge in [-0.05, 0) is 24.7 Å².